The first kappa shape index (κ1) is 20.2. The number of hydrogen-bond acceptors (Lipinski definition) is 3. The van der Waals surface area contributed by atoms with E-state index in [0.29, 0.717) is 18.8 Å². The molecular weight excluding hydrogens is 357 g/mol. The van der Waals surface area contributed by atoms with Crippen LogP contribution in [0.4, 0.5) is 18.0 Å². The molecule has 0 aromatic carbocycles. The number of carbonyl (C=O) groups is 1. The van der Waals surface area contributed by atoms with Crippen LogP contribution in [0.1, 0.15) is 44.9 Å². The average Bonchev–Trinajstić information content (AvgIpc) is 2.65. The van der Waals surface area contributed by atoms with Crippen LogP contribution in [0.3, 0.4) is 0 Å². The SMILES string of the molecule is O=C(NCCCC1CCC2CCCNC2N1)NC1C=CC(C(F)(F)F)=CC1. The second kappa shape index (κ2) is 9.10. The molecule has 0 aromatic heterocycles. The number of halogens is 3. The molecule has 0 saturated carbocycles. The maximum Gasteiger partial charge on any atom is 0.416 e. The largest absolute Gasteiger partial charge is 0.416 e. The standard InChI is InChI=1S/C19H29F3N4O/c20-19(21,22)14-6-9-16(10-7-14)26-18(27)24-12-2-4-15-8-5-13-3-1-11-23-17(13)25-15/h6-7,9,13,15-17,23,25H,1-5,8,10-12H2,(H2,24,26,27). The minimum atomic E-state index is -4.33. The number of urea groups is 1. The van der Waals surface area contributed by atoms with Gasteiger partial charge in [-0.1, -0.05) is 18.2 Å². The van der Waals surface area contributed by atoms with Crippen molar-refractivity contribution in [2.75, 3.05) is 13.1 Å². The fourth-order valence-electron chi connectivity index (χ4n) is 4.15. The van der Waals surface area contributed by atoms with Gasteiger partial charge in [0.2, 0.25) is 0 Å². The number of alkyl halides is 3. The Bertz CT molecular complexity index is 576. The molecule has 3 aliphatic rings. The van der Waals surface area contributed by atoms with Gasteiger partial charge in [-0.3, -0.25) is 5.32 Å². The van der Waals surface area contributed by atoms with E-state index in [9.17, 15) is 18.0 Å². The first-order chi connectivity index (χ1) is 12.9. The zero-order chi connectivity index (χ0) is 19.3. The third-order valence-electron chi connectivity index (χ3n) is 5.65. The molecule has 2 saturated heterocycles. The first-order valence-corrected chi connectivity index (χ1v) is 9.91. The number of piperidine rings is 2. The molecule has 4 atom stereocenters. The van der Waals surface area contributed by atoms with Crippen molar-refractivity contribution in [2.24, 2.45) is 5.92 Å². The van der Waals surface area contributed by atoms with Gasteiger partial charge in [0, 0.05) is 12.6 Å². The van der Waals surface area contributed by atoms with Gasteiger partial charge in [-0.25, -0.2) is 4.79 Å². The molecule has 8 heteroatoms. The zero-order valence-electron chi connectivity index (χ0n) is 15.4. The molecule has 4 unspecified atom stereocenters. The molecule has 2 heterocycles. The lowest BCUT2D eigenvalue weighted by Gasteiger charge is -2.41. The van der Waals surface area contributed by atoms with E-state index in [4.69, 9.17) is 0 Å². The lowest BCUT2D eigenvalue weighted by atomic mass is 9.85. The number of hydrogen-bond donors (Lipinski definition) is 4. The molecule has 5 nitrogen and oxygen atoms in total. The van der Waals surface area contributed by atoms with Gasteiger partial charge in [0.1, 0.15) is 0 Å². The van der Waals surface area contributed by atoms with Crippen LogP contribution in [0.25, 0.3) is 0 Å². The third-order valence-corrected chi connectivity index (χ3v) is 5.65. The lowest BCUT2D eigenvalue weighted by Crippen LogP contribution is -2.57. The van der Waals surface area contributed by atoms with E-state index >= 15 is 0 Å². The highest BCUT2D eigenvalue weighted by Gasteiger charge is 2.33. The highest BCUT2D eigenvalue weighted by Crippen LogP contribution is 2.29. The van der Waals surface area contributed by atoms with Gasteiger partial charge >= 0.3 is 12.2 Å². The highest BCUT2D eigenvalue weighted by atomic mass is 19.4. The summed E-state index contributed by atoms with van der Waals surface area (Å²) >= 11 is 0. The molecule has 0 spiro atoms. The number of nitrogens with one attached hydrogen (secondary N) is 4. The molecule has 1 aliphatic carbocycles. The van der Waals surface area contributed by atoms with Crippen LogP contribution in [0.2, 0.25) is 0 Å². The maximum absolute atomic E-state index is 12.6. The number of carbonyl (C=O) groups excluding carboxylic acids is 1. The minimum Gasteiger partial charge on any atom is -0.338 e. The predicted molar refractivity (Wildman–Crippen MR) is 98.1 cm³/mol. The highest BCUT2D eigenvalue weighted by molar-refractivity contribution is 5.74. The van der Waals surface area contributed by atoms with E-state index in [2.05, 4.69) is 21.3 Å². The van der Waals surface area contributed by atoms with E-state index in [1.807, 2.05) is 0 Å². The Labute approximate surface area is 158 Å². The van der Waals surface area contributed by atoms with Crippen LogP contribution in [-0.2, 0) is 0 Å². The zero-order valence-corrected chi connectivity index (χ0v) is 15.4. The van der Waals surface area contributed by atoms with Crippen LogP contribution < -0.4 is 21.3 Å². The fourth-order valence-corrected chi connectivity index (χ4v) is 4.15. The minimum absolute atomic E-state index is 0.153. The molecule has 27 heavy (non-hydrogen) atoms. The molecule has 0 aromatic rings. The summed E-state index contributed by atoms with van der Waals surface area (Å²) in [7, 11) is 0. The summed E-state index contributed by atoms with van der Waals surface area (Å²) in [5.74, 6) is 0.745. The van der Waals surface area contributed by atoms with Crippen molar-refractivity contribution in [1.29, 1.82) is 0 Å². The number of rotatable bonds is 5. The predicted octanol–water partition coefficient (Wildman–Crippen LogP) is 2.96. The van der Waals surface area contributed by atoms with Crippen LogP contribution in [0.5, 0.6) is 0 Å². The Morgan fingerprint density at radius 3 is 2.85 bits per heavy atom. The van der Waals surface area contributed by atoms with Gasteiger partial charge in [-0.15, -0.1) is 0 Å². The monoisotopic (exact) mass is 386 g/mol. The van der Waals surface area contributed by atoms with E-state index in [1.54, 1.807) is 0 Å². The molecule has 2 aliphatic heterocycles. The van der Waals surface area contributed by atoms with Crippen molar-refractivity contribution < 1.29 is 18.0 Å². The van der Waals surface area contributed by atoms with Gasteiger partial charge in [0.05, 0.1) is 17.8 Å². The van der Waals surface area contributed by atoms with Crippen molar-refractivity contribution in [1.82, 2.24) is 21.3 Å². The summed E-state index contributed by atoms with van der Waals surface area (Å²) < 4.78 is 37.7. The molecule has 2 fully saturated rings. The summed E-state index contributed by atoms with van der Waals surface area (Å²) in [6.07, 6.45) is 6.66. The second-order valence-electron chi connectivity index (χ2n) is 7.68. The molecular formula is C19H29F3N4O. The summed E-state index contributed by atoms with van der Waals surface area (Å²) in [4.78, 5) is 11.9. The lowest BCUT2D eigenvalue weighted by molar-refractivity contribution is -0.0886. The third kappa shape index (κ3) is 5.97. The number of amides is 2. The van der Waals surface area contributed by atoms with E-state index in [0.717, 1.165) is 37.5 Å². The molecule has 3 rings (SSSR count). The van der Waals surface area contributed by atoms with Gasteiger partial charge in [-0.2, -0.15) is 13.2 Å². The normalized spacial score (nSPS) is 31.0. The average molecular weight is 386 g/mol. The Hall–Kier alpha value is -1.54. The van der Waals surface area contributed by atoms with Crippen molar-refractivity contribution in [3.8, 4) is 0 Å². The van der Waals surface area contributed by atoms with Crippen LogP contribution >= 0.6 is 0 Å². The van der Waals surface area contributed by atoms with Crippen LogP contribution in [0.15, 0.2) is 23.8 Å². The van der Waals surface area contributed by atoms with Gasteiger partial charge in [-0.05, 0) is 57.4 Å². The topological polar surface area (TPSA) is 65.2 Å². The summed E-state index contributed by atoms with van der Waals surface area (Å²) in [6.45, 7) is 1.64. The molecule has 2 amide bonds. The van der Waals surface area contributed by atoms with Crippen molar-refractivity contribution >= 4 is 6.03 Å². The second-order valence-corrected chi connectivity index (χ2v) is 7.68. The maximum atomic E-state index is 12.6. The van der Waals surface area contributed by atoms with Crippen molar-refractivity contribution in [2.45, 2.75) is 69.4 Å². The fraction of sp³-hybridized carbons (Fsp3) is 0.737. The first-order valence-electron chi connectivity index (χ1n) is 9.91. The Kier molecular flexibility index (Phi) is 6.81. The van der Waals surface area contributed by atoms with E-state index in [1.165, 1.54) is 31.8 Å². The summed E-state index contributed by atoms with van der Waals surface area (Å²) in [6, 6.07) is -0.251. The molecule has 4 N–H and O–H groups in total. The Morgan fingerprint density at radius 2 is 2.11 bits per heavy atom. The van der Waals surface area contributed by atoms with Gasteiger partial charge < -0.3 is 16.0 Å². The molecule has 152 valence electrons. The Balaban J connectivity index is 1.28. The number of fused-ring (bicyclic) bond motifs is 1. The summed E-state index contributed by atoms with van der Waals surface area (Å²) in [5, 5.41) is 12.7. The van der Waals surface area contributed by atoms with Gasteiger partial charge in [0.25, 0.3) is 0 Å². The van der Waals surface area contributed by atoms with E-state index < -0.39 is 17.8 Å². The van der Waals surface area contributed by atoms with Crippen LogP contribution in [0, 0.1) is 5.92 Å². The summed E-state index contributed by atoms with van der Waals surface area (Å²) in [5.41, 5.74) is -0.657. The van der Waals surface area contributed by atoms with Crippen LogP contribution in [-0.4, -0.2) is 43.5 Å². The van der Waals surface area contributed by atoms with Crippen molar-refractivity contribution in [3.05, 3.63) is 23.8 Å². The molecule has 0 bridgehead atoms. The van der Waals surface area contributed by atoms with Crippen molar-refractivity contribution in [3.63, 3.8) is 0 Å². The number of allylic oxidation sites excluding steroid dienone is 2. The quantitative estimate of drug-likeness (QED) is 0.550. The Morgan fingerprint density at radius 1 is 1.26 bits per heavy atom. The molecule has 0 radical (unpaired) electrons. The smallest absolute Gasteiger partial charge is 0.338 e. The van der Waals surface area contributed by atoms with Gasteiger partial charge in [0.15, 0.2) is 0 Å². The van der Waals surface area contributed by atoms with E-state index in [-0.39, 0.29) is 12.5 Å².